The van der Waals surface area contributed by atoms with Crippen molar-refractivity contribution in [2.75, 3.05) is 5.32 Å². The van der Waals surface area contributed by atoms with Crippen LogP contribution >= 0.6 is 22.9 Å². The lowest BCUT2D eigenvalue weighted by Gasteiger charge is -2.05. The van der Waals surface area contributed by atoms with E-state index in [1.54, 1.807) is 12.3 Å². The van der Waals surface area contributed by atoms with Crippen LogP contribution in [0.15, 0.2) is 24.4 Å². The fourth-order valence-corrected chi connectivity index (χ4v) is 2.19. The minimum atomic E-state index is -0.445. The molecule has 1 aromatic heterocycles. The molecule has 0 radical (unpaired) electrons. The zero-order chi connectivity index (χ0) is 12.3. The molecule has 0 saturated carbocycles. The zero-order valence-corrected chi connectivity index (χ0v) is 10.1. The third-order valence-electron chi connectivity index (χ3n) is 2.08. The van der Waals surface area contributed by atoms with Crippen molar-refractivity contribution >= 4 is 28.6 Å². The summed E-state index contributed by atoms with van der Waals surface area (Å²) in [5.41, 5.74) is 0.655. The first-order valence-corrected chi connectivity index (χ1v) is 5.92. The van der Waals surface area contributed by atoms with Crippen LogP contribution in [0, 0.1) is 17.1 Å². The Bertz CT molecular complexity index is 576. The Morgan fingerprint density at radius 3 is 2.94 bits per heavy atom. The molecular weight excluding hydrogens is 261 g/mol. The fourth-order valence-electron chi connectivity index (χ4n) is 1.28. The van der Waals surface area contributed by atoms with Gasteiger partial charge in [0.2, 0.25) is 0 Å². The van der Waals surface area contributed by atoms with Crippen LogP contribution in [-0.4, -0.2) is 4.98 Å². The van der Waals surface area contributed by atoms with Crippen LogP contribution in [-0.2, 0) is 6.54 Å². The van der Waals surface area contributed by atoms with Crippen molar-refractivity contribution in [3.8, 4) is 6.07 Å². The number of hydrogen-bond acceptors (Lipinski definition) is 4. The number of nitrogens with zero attached hydrogens (tertiary/aromatic N) is 2. The molecule has 0 spiro atoms. The maximum atomic E-state index is 13.5. The molecule has 2 rings (SSSR count). The van der Waals surface area contributed by atoms with Gasteiger partial charge in [-0.3, -0.25) is 0 Å². The minimum absolute atomic E-state index is 0.300. The summed E-state index contributed by atoms with van der Waals surface area (Å²) in [6.07, 6.45) is 1.64. The van der Waals surface area contributed by atoms with Gasteiger partial charge in [0, 0.05) is 11.1 Å². The molecule has 0 fully saturated rings. The van der Waals surface area contributed by atoms with Gasteiger partial charge >= 0.3 is 0 Å². The summed E-state index contributed by atoms with van der Waals surface area (Å²) >= 11 is 7.02. The second kappa shape index (κ2) is 5.13. The SMILES string of the molecule is N#Cc1ccc(NCc2cnc(Cl)s2)c(F)c1. The topological polar surface area (TPSA) is 48.7 Å². The molecule has 1 aromatic carbocycles. The third kappa shape index (κ3) is 2.93. The molecule has 6 heteroatoms. The van der Waals surface area contributed by atoms with Gasteiger partial charge in [0.1, 0.15) is 5.82 Å². The second-order valence-corrected chi connectivity index (χ2v) is 4.94. The Balaban J connectivity index is 2.07. The number of rotatable bonds is 3. The van der Waals surface area contributed by atoms with Crippen LogP contribution in [0.1, 0.15) is 10.4 Å². The largest absolute Gasteiger partial charge is 0.378 e. The van der Waals surface area contributed by atoms with Gasteiger partial charge in [0.15, 0.2) is 4.47 Å². The molecule has 0 unspecified atom stereocenters. The van der Waals surface area contributed by atoms with Crippen LogP contribution in [0.2, 0.25) is 4.47 Å². The summed E-state index contributed by atoms with van der Waals surface area (Å²) in [6, 6.07) is 6.17. The molecule has 0 atom stereocenters. The normalized spacial score (nSPS) is 9.94. The van der Waals surface area contributed by atoms with E-state index in [-0.39, 0.29) is 0 Å². The van der Waals surface area contributed by atoms with Crippen molar-refractivity contribution in [2.45, 2.75) is 6.54 Å². The molecule has 1 N–H and O–H groups in total. The number of nitrogens with one attached hydrogen (secondary N) is 1. The number of hydrogen-bond donors (Lipinski definition) is 1. The summed E-state index contributed by atoms with van der Waals surface area (Å²) in [5, 5.41) is 11.5. The van der Waals surface area contributed by atoms with Gasteiger partial charge in [-0.15, -0.1) is 11.3 Å². The predicted molar refractivity (Wildman–Crippen MR) is 65.6 cm³/mol. The lowest BCUT2D eigenvalue weighted by atomic mass is 10.2. The van der Waals surface area contributed by atoms with E-state index in [0.29, 0.717) is 22.3 Å². The summed E-state index contributed by atoms with van der Waals surface area (Å²) in [4.78, 5) is 4.80. The number of benzene rings is 1. The molecule has 2 aromatic rings. The standard InChI is InChI=1S/C11H7ClFN3S/c12-11-16-6-8(17-11)5-15-10-2-1-7(4-14)3-9(10)13/h1-3,6,15H,5H2. The van der Waals surface area contributed by atoms with Gasteiger partial charge in [-0.25, -0.2) is 9.37 Å². The molecule has 1 heterocycles. The van der Waals surface area contributed by atoms with Crippen molar-refractivity contribution in [2.24, 2.45) is 0 Å². The van der Waals surface area contributed by atoms with E-state index in [9.17, 15) is 4.39 Å². The summed E-state index contributed by atoms with van der Waals surface area (Å²) in [6.45, 7) is 0.452. The van der Waals surface area contributed by atoms with Crippen LogP contribution in [0.25, 0.3) is 0 Å². The molecule has 0 saturated heterocycles. The van der Waals surface area contributed by atoms with Gasteiger partial charge in [-0.2, -0.15) is 5.26 Å². The van der Waals surface area contributed by atoms with Crippen LogP contribution in [0.5, 0.6) is 0 Å². The molecule has 0 aliphatic rings. The lowest BCUT2D eigenvalue weighted by molar-refractivity contribution is 0.629. The van der Waals surface area contributed by atoms with Gasteiger partial charge in [0.05, 0.1) is 23.9 Å². The smallest absolute Gasteiger partial charge is 0.183 e. The first-order chi connectivity index (χ1) is 8.19. The molecule has 17 heavy (non-hydrogen) atoms. The van der Waals surface area contributed by atoms with E-state index in [0.717, 1.165) is 4.88 Å². The average molecular weight is 268 g/mol. The van der Waals surface area contributed by atoms with Crippen molar-refractivity contribution in [3.05, 3.63) is 45.1 Å². The van der Waals surface area contributed by atoms with Crippen molar-refractivity contribution in [3.63, 3.8) is 0 Å². The minimum Gasteiger partial charge on any atom is -0.378 e. The Morgan fingerprint density at radius 1 is 1.53 bits per heavy atom. The molecular formula is C11H7ClFN3S. The van der Waals surface area contributed by atoms with Gasteiger partial charge < -0.3 is 5.32 Å². The summed E-state index contributed by atoms with van der Waals surface area (Å²) in [7, 11) is 0. The molecule has 0 aliphatic carbocycles. The van der Waals surface area contributed by atoms with Gasteiger partial charge in [-0.1, -0.05) is 11.6 Å². The Morgan fingerprint density at radius 2 is 2.35 bits per heavy atom. The lowest BCUT2D eigenvalue weighted by Crippen LogP contribution is -2.00. The Kier molecular flexibility index (Phi) is 3.57. The van der Waals surface area contributed by atoms with Crippen LogP contribution in [0.3, 0.4) is 0 Å². The monoisotopic (exact) mass is 267 g/mol. The second-order valence-electron chi connectivity index (χ2n) is 3.24. The number of halogens is 2. The Labute approximate surface area is 106 Å². The van der Waals surface area contributed by atoms with Gasteiger partial charge in [0.25, 0.3) is 0 Å². The van der Waals surface area contributed by atoms with Crippen LogP contribution < -0.4 is 5.32 Å². The molecule has 0 amide bonds. The van der Waals surface area contributed by atoms with Crippen molar-refractivity contribution < 1.29 is 4.39 Å². The first-order valence-electron chi connectivity index (χ1n) is 4.73. The maximum absolute atomic E-state index is 13.5. The maximum Gasteiger partial charge on any atom is 0.183 e. The summed E-state index contributed by atoms with van der Waals surface area (Å²) < 4.78 is 14.0. The third-order valence-corrected chi connectivity index (χ3v) is 3.19. The quantitative estimate of drug-likeness (QED) is 0.927. The van der Waals surface area contributed by atoms with E-state index >= 15 is 0 Å². The summed E-state index contributed by atoms with van der Waals surface area (Å²) in [5.74, 6) is -0.445. The van der Waals surface area contributed by atoms with Gasteiger partial charge in [-0.05, 0) is 18.2 Å². The van der Waals surface area contributed by atoms with Crippen molar-refractivity contribution in [1.29, 1.82) is 5.26 Å². The highest BCUT2D eigenvalue weighted by atomic mass is 35.5. The molecule has 0 bridgehead atoms. The predicted octanol–water partition coefficient (Wildman–Crippen LogP) is 3.42. The van der Waals surface area contributed by atoms with E-state index in [4.69, 9.17) is 16.9 Å². The first kappa shape index (κ1) is 11.8. The highest BCUT2D eigenvalue weighted by Crippen LogP contribution is 2.20. The number of thiazole rings is 1. The van der Waals surface area contributed by atoms with Crippen LogP contribution in [0.4, 0.5) is 10.1 Å². The fraction of sp³-hybridized carbons (Fsp3) is 0.0909. The number of aromatic nitrogens is 1. The zero-order valence-electron chi connectivity index (χ0n) is 8.58. The van der Waals surface area contributed by atoms with E-state index in [2.05, 4.69) is 10.3 Å². The highest BCUT2D eigenvalue weighted by Gasteiger charge is 2.04. The van der Waals surface area contributed by atoms with E-state index in [1.807, 2.05) is 6.07 Å². The number of anilines is 1. The Hall–Kier alpha value is -1.64. The van der Waals surface area contributed by atoms with Crippen molar-refractivity contribution in [1.82, 2.24) is 4.98 Å². The molecule has 86 valence electrons. The van der Waals surface area contributed by atoms with E-state index in [1.165, 1.54) is 23.5 Å². The van der Waals surface area contributed by atoms with E-state index < -0.39 is 5.82 Å². The molecule has 0 aliphatic heterocycles. The highest BCUT2D eigenvalue weighted by molar-refractivity contribution is 7.15. The number of nitriles is 1. The average Bonchev–Trinajstić information content (AvgIpc) is 2.73. The molecule has 3 nitrogen and oxygen atoms in total.